The van der Waals surface area contributed by atoms with E-state index in [0.717, 1.165) is 22.8 Å². The minimum absolute atomic E-state index is 0.575. The molecule has 6 aromatic carbocycles. The summed E-state index contributed by atoms with van der Waals surface area (Å²) >= 11 is 0. The number of quaternary nitrogens is 1. The third kappa shape index (κ3) is 15.7. The summed E-state index contributed by atoms with van der Waals surface area (Å²) < 4.78 is 64.8. The molecule has 0 aliphatic carbocycles. The highest BCUT2D eigenvalue weighted by Crippen LogP contribution is 2.58. The summed E-state index contributed by atoms with van der Waals surface area (Å²) in [7, 11) is -3.06. The van der Waals surface area contributed by atoms with Crippen LogP contribution in [0.15, 0.2) is 168 Å². The first-order chi connectivity index (χ1) is 29.3. The molecule has 15 nitrogen and oxygen atoms in total. The number of hydrogen-bond acceptors (Lipinski definition) is 10. The molecule has 330 valence electrons. The summed E-state index contributed by atoms with van der Waals surface area (Å²) in [4.78, 5) is 40.5. The van der Waals surface area contributed by atoms with Crippen LogP contribution in [0.5, 0.6) is 0 Å². The van der Waals surface area contributed by atoms with Gasteiger partial charge >= 0.3 is 23.9 Å². The molecule has 4 N–H and O–H groups in total. The van der Waals surface area contributed by atoms with Gasteiger partial charge in [-0.3, -0.25) is 0 Å². The fourth-order valence-electron chi connectivity index (χ4n) is 5.61. The zero-order valence-electron chi connectivity index (χ0n) is 34.3. The number of hydrogen-bond donors (Lipinski definition) is 4. The third-order valence-corrected chi connectivity index (χ3v) is 14.2. The van der Waals surface area contributed by atoms with Crippen LogP contribution < -0.4 is 15.9 Å². The van der Waals surface area contributed by atoms with Crippen molar-refractivity contribution in [3.8, 4) is 0 Å². The molecular formula is C45H44NO14PS2. The Morgan fingerprint density at radius 2 is 0.667 bits per heavy atom. The van der Waals surface area contributed by atoms with Crippen LogP contribution in [0.1, 0.15) is 47.0 Å². The molecule has 63 heavy (non-hydrogen) atoms. The number of carboxylic acids is 4. The SMILES string of the molecule is C[N+](C)(C)C.O=C(O)c1cc(C(=O)O)cc(S(=O)(=O)[O-])c1.O=C(O)c1cc(C(=O)O)cc(S(=O)(=O)[O-])c1.c1ccc(C[P+](c2ccccc2)(c2ccccc2)c2ccccc2)cc1. The minimum atomic E-state index is -4.89. The highest BCUT2D eigenvalue weighted by molar-refractivity contribution is 7.95. The van der Waals surface area contributed by atoms with Gasteiger partial charge in [0.1, 0.15) is 43.4 Å². The summed E-state index contributed by atoms with van der Waals surface area (Å²) in [5.41, 5.74) is -0.912. The molecule has 0 bridgehead atoms. The first kappa shape index (κ1) is 50.8. The van der Waals surface area contributed by atoms with E-state index in [4.69, 9.17) is 20.4 Å². The van der Waals surface area contributed by atoms with Crippen LogP contribution in [0, 0.1) is 0 Å². The molecule has 0 aliphatic heterocycles. The van der Waals surface area contributed by atoms with Gasteiger partial charge in [0.2, 0.25) is 0 Å². The van der Waals surface area contributed by atoms with Crippen molar-refractivity contribution >= 4 is 67.3 Å². The fourth-order valence-corrected chi connectivity index (χ4v) is 10.9. The minimum Gasteiger partial charge on any atom is -0.744 e. The number of nitrogens with zero attached hydrogens (tertiary/aromatic N) is 1. The molecule has 0 fully saturated rings. The molecule has 0 amide bonds. The van der Waals surface area contributed by atoms with E-state index in [0.29, 0.717) is 24.3 Å². The van der Waals surface area contributed by atoms with Gasteiger partial charge in [-0.05, 0) is 78.4 Å². The lowest BCUT2D eigenvalue weighted by Crippen LogP contribution is -2.32. The van der Waals surface area contributed by atoms with E-state index in [9.17, 15) is 45.1 Å². The van der Waals surface area contributed by atoms with Crippen molar-refractivity contribution in [1.82, 2.24) is 0 Å². The molecule has 0 saturated heterocycles. The van der Waals surface area contributed by atoms with Crippen LogP contribution in [0.2, 0.25) is 0 Å². The Labute approximate surface area is 365 Å². The van der Waals surface area contributed by atoms with Crippen molar-refractivity contribution in [2.75, 3.05) is 28.2 Å². The maximum Gasteiger partial charge on any atom is 0.335 e. The van der Waals surface area contributed by atoms with Crippen molar-refractivity contribution in [3.05, 3.63) is 186 Å². The summed E-state index contributed by atoms with van der Waals surface area (Å²) in [5, 5.41) is 38.7. The second kappa shape index (κ2) is 22.0. The molecule has 6 rings (SSSR count). The fraction of sp³-hybridized carbons (Fsp3) is 0.111. The first-order valence-electron chi connectivity index (χ1n) is 18.4. The molecule has 0 saturated carbocycles. The number of rotatable bonds is 11. The van der Waals surface area contributed by atoms with Crippen LogP contribution in [0.25, 0.3) is 0 Å². The smallest absolute Gasteiger partial charge is 0.335 e. The topological polar surface area (TPSA) is 264 Å². The maximum atomic E-state index is 10.6. The van der Waals surface area contributed by atoms with Gasteiger partial charge in [0, 0.05) is 0 Å². The lowest BCUT2D eigenvalue weighted by molar-refractivity contribution is -0.849. The molecule has 6 aromatic rings. The summed E-state index contributed by atoms with van der Waals surface area (Å²) in [6.07, 6.45) is 1.03. The van der Waals surface area contributed by atoms with E-state index in [1.165, 1.54) is 21.5 Å². The van der Waals surface area contributed by atoms with Gasteiger partial charge in [-0.1, -0.05) is 84.9 Å². The Morgan fingerprint density at radius 1 is 0.444 bits per heavy atom. The molecule has 0 unspecified atom stereocenters. The molecule has 0 aliphatic rings. The Morgan fingerprint density at radius 3 is 0.873 bits per heavy atom. The number of carbonyl (C=O) groups is 4. The molecule has 0 spiro atoms. The molecule has 18 heteroatoms. The van der Waals surface area contributed by atoms with Gasteiger partial charge in [-0.15, -0.1) is 0 Å². The quantitative estimate of drug-likeness (QED) is 0.0713. The predicted octanol–water partition coefficient (Wildman–Crippen LogP) is 5.48. The maximum absolute atomic E-state index is 10.6. The van der Waals surface area contributed by atoms with Crippen molar-refractivity contribution in [3.63, 3.8) is 0 Å². The van der Waals surface area contributed by atoms with E-state index in [1.54, 1.807) is 0 Å². The highest BCUT2D eigenvalue weighted by Gasteiger charge is 2.45. The van der Waals surface area contributed by atoms with Crippen molar-refractivity contribution in [1.29, 1.82) is 0 Å². The highest BCUT2D eigenvalue weighted by atomic mass is 32.2. The summed E-state index contributed by atoms with van der Waals surface area (Å²) in [6, 6.07) is 48.0. The zero-order chi connectivity index (χ0) is 47.2. The second-order valence-corrected chi connectivity index (χ2v) is 21.0. The van der Waals surface area contributed by atoms with E-state index >= 15 is 0 Å². The molecule has 0 heterocycles. The van der Waals surface area contributed by atoms with Crippen LogP contribution in [-0.2, 0) is 26.4 Å². The average Bonchev–Trinajstić information content (AvgIpc) is 3.23. The van der Waals surface area contributed by atoms with Gasteiger partial charge in [0.05, 0.1) is 66.4 Å². The van der Waals surface area contributed by atoms with Gasteiger partial charge in [0.25, 0.3) is 0 Å². The third-order valence-electron chi connectivity index (χ3n) is 8.23. The van der Waals surface area contributed by atoms with E-state index in [1.807, 2.05) is 0 Å². The van der Waals surface area contributed by atoms with E-state index < -0.39 is 83.4 Å². The van der Waals surface area contributed by atoms with Crippen LogP contribution in [0.3, 0.4) is 0 Å². The molecular weight excluding hydrogens is 874 g/mol. The lowest BCUT2D eigenvalue weighted by atomic mass is 10.1. The van der Waals surface area contributed by atoms with Crippen molar-refractivity contribution in [2.24, 2.45) is 0 Å². The lowest BCUT2D eigenvalue weighted by Gasteiger charge is -2.27. The van der Waals surface area contributed by atoms with Gasteiger partial charge in [-0.2, -0.15) is 0 Å². The van der Waals surface area contributed by atoms with Crippen LogP contribution >= 0.6 is 7.26 Å². The Bertz CT molecular complexity index is 2480. The Hall–Kier alpha value is -6.59. The Kier molecular flexibility index (Phi) is 17.7. The summed E-state index contributed by atoms with van der Waals surface area (Å²) in [5.74, 6) is -6.08. The van der Waals surface area contributed by atoms with Gasteiger partial charge < -0.3 is 34.0 Å². The van der Waals surface area contributed by atoms with Gasteiger partial charge in [-0.25, -0.2) is 36.0 Å². The second-order valence-electron chi connectivity index (χ2n) is 14.8. The number of aromatic carboxylic acids is 4. The van der Waals surface area contributed by atoms with Gasteiger partial charge in [0.15, 0.2) is 0 Å². The average molecular weight is 918 g/mol. The molecule has 0 radical (unpaired) electrons. The Balaban J connectivity index is 0.000000249. The van der Waals surface area contributed by atoms with Crippen molar-refractivity contribution in [2.45, 2.75) is 16.0 Å². The van der Waals surface area contributed by atoms with Crippen LogP contribution in [0.4, 0.5) is 0 Å². The number of carboxylic acid groups (broad SMARTS) is 4. The monoisotopic (exact) mass is 917 g/mol. The van der Waals surface area contributed by atoms with E-state index in [2.05, 4.69) is 150 Å². The normalized spacial score (nSPS) is 11.2. The predicted molar refractivity (Wildman–Crippen MR) is 236 cm³/mol. The number of benzene rings is 6. The standard InChI is InChI=1S/C25H22P.2C8H6O7S.C4H12N/c1-5-13-22(14-6-1)21-26(23-15-7-2-8-16-23,24-17-9-3-10-18-24)25-19-11-4-12-20-25;2*9-7(10)4-1-5(8(11)12)3-6(2-4)16(13,14)15;1-5(2,3)4/h1-20H,21H2;2*1-3H,(H,9,10)(H,11,12)(H,13,14,15);1-4H3/q+1;;;+1/p-2. The first-order valence-corrected chi connectivity index (χ1v) is 23.1. The summed E-state index contributed by atoms with van der Waals surface area (Å²) in [6.45, 7) is 0. The zero-order valence-corrected chi connectivity index (χ0v) is 36.8. The molecule has 0 atom stereocenters. The van der Waals surface area contributed by atoms with Crippen LogP contribution in [-0.4, -0.2) is 103 Å². The van der Waals surface area contributed by atoms with E-state index in [-0.39, 0.29) is 0 Å². The van der Waals surface area contributed by atoms with Crippen molar-refractivity contribution < 1.29 is 70.0 Å². The largest absolute Gasteiger partial charge is 0.744 e. The molecule has 0 aromatic heterocycles.